The van der Waals surface area contributed by atoms with Gasteiger partial charge in [-0.25, -0.2) is 0 Å². The molecule has 0 saturated heterocycles. The normalized spacial score (nSPS) is 35.8. The summed E-state index contributed by atoms with van der Waals surface area (Å²) >= 11 is 6.73. The van der Waals surface area contributed by atoms with Crippen LogP contribution in [0, 0.1) is 16.7 Å². The van der Waals surface area contributed by atoms with E-state index >= 15 is 0 Å². The Morgan fingerprint density at radius 1 is 1.00 bits per heavy atom. The fraction of sp³-hybridized carbons (Fsp3) is 1.00. The zero-order valence-electron chi connectivity index (χ0n) is 8.58. The van der Waals surface area contributed by atoms with Crippen LogP contribution in [0.1, 0.15) is 47.0 Å². The molecule has 0 unspecified atom stereocenters. The van der Waals surface area contributed by atoms with Crippen LogP contribution in [0.2, 0.25) is 0 Å². The summed E-state index contributed by atoms with van der Waals surface area (Å²) in [5, 5.41) is 0. The van der Waals surface area contributed by atoms with E-state index in [-0.39, 0.29) is 4.87 Å². The van der Waals surface area contributed by atoms with E-state index in [2.05, 4.69) is 27.7 Å². The maximum Gasteiger partial charge on any atom is 0.0587 e. The molecule has 0 atom stereocenters. The van der Waals surface area contributed by atoms with Gasteiger partial charge in [-0.05, 0) is 29.6 Å². The molecule has 2 aliphatic carbocycles. The van der Waals surface area contributed by atoms with Gasteiger partial charge < -0.3 is 0 Å². The lowest BCUT2D eigenvalue weighted by molar-refractivity contribution is 0.257. The Kier molecular flexibility index (Phi) is 1.50. The molecule has 0 aromatic carbocycles. The van der Waals surface area contributed by atoms with Gasteiger partial charge in [0.05, 0.1) is 4.87 Å². The molecule has 1 heteroatoms. The van der Waals surface area contributed by atoms with Crippen molar-refractivity contribution in [1.29, 1.82) is 0 Å². The third kappa shape index (κ3) is 0.639. The molecule has 0 amide bonds. The second-order valence-corrected chi connectivity index (χ2v) is 6.19. The summed E-state index contributed by atoms with van der Waals surface area (Å²) in [6, 6.07) is 0. The SMILES string of the molecule is CC1(C)C(C)(C)C1(Cl)C1CCC1. The smallest absolute Gasteiger partial charge is 0.0587 e. The summed E-state index contributed by atoms with van der Waals surface area (Å²) < 4.78 is 0. The van der Waals surface area contributed by atoms with Gasteiger partial charge in [0.15, 0.2) is 0 Å². The summed E-state index contributed by atoms with van der Waals surface area (Å²) in [7, 11) is 0. The Morgan fingerprint density at radius 2 is 1.42 bits per heavy atom. The summed E-state index contributed by atoms with van der Waals surface area (Å²) in [5.74, 6) is 0.796. The maximum absolute atomic E-state index is 6.73. The fourth-order valence-corrected chi connectivity index (χ4v) is 3.76. The Labute approximate surface area is 80.7 Å². The van der Waals surface area contributed by atoms with Crippen LogP contribution in [0.3, 0.4) is 0 Å². The van der Waals surface area contributed by atoms with E-state index in [9.17, 15) is 0 Å². The minimum Gasteiger partial charge on any atom is -0.118 e. The van der Waals surface area contributed by atoms with E-state index in [4.69, 9.17) is 11.6 Å². The van der Waals surface area contributed by atoms with Crippen molar-refractivity contribution in [2.75, 3.05) is 0 Å². The molecule has 0 heterocycles. The second-order valence-electron chi connectivity index (χ2n) is 5.59. The largest absolute Gasteiger partial charge is 0.118 e. The van der Waals surface area contributed by atoms with Gasteiger partial charge in [0.1, 0.15) is 0 Å². The van der Waals surface area contributed by atoms with Gasteiger partial charge in [0.2, 0.25) is 0 Å². The zero-order chi connectivity index (χ0) is 9.20. The average molecular weight is 187 g/mol. The van der Waals surface area contributed by atoms with Crippen molar-refractivity contribution in [3.63, 3.8) is 0 Å². The molecular formula is C11H19Cl. The van der Waals surface area contributed by atoms with Gasteiger partial charge in [0, 0.05) is 0 Å². The van der Waals surface area contributed by atoms with Gasteiger partial charge in [-0.1, -0.05) is 34.1 Å². The summed E-state index contributed by atoms with van der Waals surface area (Å²) in [6.45, 7) is 9.27. The molecule has 0 aliphatic heterocycles. The predicted octanol–water partition coefficient (Wildman–Crippen LogP) is 3.83. The van der Waals surface area contributed by atoms with Crippen molar-refractivity contribution in [3.8, 4) is 0 Å². The highest BCUT2D eigenvalue weighted by Gasteiger charge is 2.79. The standard InChI is InChI=1S/C11H19Cl/c1-9(2)10(3,4)11(9,12)8-6-5-7-8/h8H,5-7H2,1-4H3. The molecule has 70 valence electrons. The Morgan fingerprint density at radius 3 is 1.50 bits per heavy atom. The molecule has 2 fully saturated rings. The molecule has 0 aromatic rings. The first kappa shape index (κ1) is 8.87. The summed E-state index contributed by atoms with van der Waals surface area (Å²) in [6.07, 6.45) is 4.11. The van der Waals surface area contributed by atoms with Crippen LogP contribution in [0.5, 0.6) is 0 Å². The van der Waals surface area contributed by atoms with Gasteiger partial charge in [-0.2, -0.15) is 0 Å². The van der Waals surface area contributed by atoms with Gasteiger partial charge in [0.25, 0.3) is 0 Å². The lowest BCUT2D eigenvalue weighted by Crippen LogP contribution is -2.29. The van der Waals surface area contributed by atoms with Gasteiger partial charge in [-0.15, -0.1) is 11.6 Å². The van der Waals surface area contributed by atoms with Crippen LogP contribution in [-0.4, -0.2) is 4.87 Å². The Bertz CT molecular complexity index is 197. The average Bonchev–Trinajstić information content (AvgIpc) is 2.06. The number of hydrogen-bond acceptors (Lipinski definition) is 0. The molecule has 2 aliphatic rings. The van der Waals surface area contributed by atoms with E-state index < -0.39 is 0 Å². The topological polar surface area (TPSA) is 0 Å². The molecule has 2 saturated carbocycles. The molecule has 0 nitrogen and oxygen atoms in total. The van der Waals surface area contributed by atoms with Crippen LogP contribution in [0.15, 0.2) is 0 Å². The minimum atomic E-state index is 0.109. The molecule has 2 rings (SSSR count). The fourth-order valence-electron chi connectivity index (χ4n) is 3.11. The van der Waals surface area contributed by atoms with Crippen LogP contribution in [0.4, 0.5) is 0 Å². The van der Waals surface area contributed by atoms with Crippen molar-refractivity contribution in [2.24, 2.45) is 16.7 Å². The number of rotatable bonds is 1. The lowest BCUT2D eigenvalue weighted by atomic mass is 9.78. The van der Waals surface area contributed by atoms with Crippen LogP contribution in [0.25, 0.3) is 0 Å². The monoisotopic (exact) mass is 186 g/mol. The second kappa shape index (κ2) is 2.03. The Balaban J connectivity index is 2.24. The highest BCUT2D eigenvalue weighted by Crippen LogP contribution is 2.79. The first-order valence-corrected chi connectivity index (χ1v) is 5.42. The van der Waals surface area contributed by atoms with Crippen LogP contribution < -0.4 is 0 Å². The zero-order valence-corrected chi connectivity index (χ0v) is 9.33. The lowest BCUT2D eigenvalue weighted by Gasteiger charge is -2.33. The maximum atomic E-state index is 6.73. The predicted molar refractivity (Wildman–Crippen MR) is 53.5 cm³/mol. The van der Waals surface area contributed by atoms with Crippen molar-refractivity contribution in [1.82, 2.24) is 0 Å². The van der Waals surface area contributed by atoms with E-state index in [0.717, 1.165) is 5.92 Å². The number of halogens is 1. The van der Waals surface area contributed by atoms with Crippen LogP contribution in [-0.2, 0) is 0 Å². The highest BCUT2D eigenvalue weighted by molar-refractivity contribution is 6.28. The molecular weight excluding hydrogens is 168 g/mol. The summed E-state index contributed by atoms with van der Waals surface area (Å²) in [4.78, 5) is 0.109. The van der Waals surface area contributed by atoms with Crippen molar-refractivity contribution >= 4 is 11.6 Å². The molecule has 0 N–H and O–H groups in total. The first-order chi connectivity index (χ1) is 5.36. The van der Waals surface area contributed by atoms with E-state index in [1.54, 1.807) is 0 Å². The third-order valence-electron chi connectivity index (χ3n) is 4.99. The van der Waals surface area contributed by atoms with Crippen molar-refractivity contribution in [2.45, 2.75) is 51.8 Å². The molecule has 0 spiro atoms. The van der Waals surface area contributed by atoms with E-state index in [1.165, 1.54) is 19.3 Å². The Hall–Kier alpha value is 0.290. The molecule has 0 aromatic heterocycles. The third-order valence-corrected chi connectivity index (χ3v) is 6.24. The molecule has 0 bridgehead atoms. The van der Waals surface area contributed by atoms with E-state index in [0.29, 0.717) is 10.8 Å². The molecule has 0 radical (unpaired) electrons. The van der Waals surface area contributed by atoms with Crippen LogP contribution >= 0.6 is 11.6 Å². The van der Waals surface area contributed by atoms with Crippen molar-refractivity contribution < 1.29 is 0 Å². The number of alkyl halides is 1. The van der Waals surface area contributed by atoms with E-state index in [1.807, 2.05) is 0 Å². The van der Waals surface area contributed by atoms with Crippen molar-refractivity contribution in [3.05, 3.63) is 0 Å². The van der Waals surface area contributed by atoms with Gasteiger partial charge in [-0.3, -0.25) is 0 Å². The van der Waals surface area contributed by atoms with Gasteiger partial charge >= 0.3 is 0 Å². The molecule has 12 heavy (non-hydrogen) atoms. The quantitative estimate of drug-likeness (QED) is 0.546. The minimum absolute atomic E-state index is 0.109. The summed E-state index contributed by atoms with van der Waals surface area (Å²) in [5.41, 5.74) is 0.680. The number of hydrogen-bond donors (Lipinski definition) is 0. The highest BCUT2D eigenvalue weighted by atomic mass is 35.5. The first-order valence-electron chi connectivity index (χ1n) is 5.04.